The summed E-state index contributed by atoms with van der Waals surface area (Å²) >= 11 is 0. The monoisotopic (exact) mass is 329 g/mol. The molecule has 25 heavy (non-hydrogen) atoms. The van der Waals surface area contributed by atoms with Crippen LogP contribution in [0.2, 0.25) is 0 Å². The van der Waals surface area contributed by atoms with Crippen molar-refractivity contribution in [2.24, 2.45) is 10.1 Å². The first-order chi connectivity index (χ1) is 12.3. The second-order valence-electron chi connectivity index (χ2n) is 5.39. The quantitative estimate of drug-likeness (QED) is 0.802. The van der Waals surface area contributed by atoms with E-state index in [4.69, 9.17) is 9.73 Å². The van der Waals surface area contributed by atoms with Gasteiger partial charge in [0.05, 0.1) is 12.8 Å². The summed E-state index contributed by atoms with van der Waals surface area (Å²) in [5.41, 5.74) is 7.32. The van der Waals surface area contributed by atoms with Crippen molar-refractivity contribution in [1.82, 2.24) is 15.4 Å². The minimum Gasteiger partial charge on any atom is -0.497 e. The minimum absolute atomic E-state index is 0.660. The fraction of sp³-hybridized carbons (Fsp3) is 0.0526. The van der Waals surface area contributed by atoms with Crippen molar-refractivity contribution in [1.29, 1.82) is 0 Å². The molecule has 0 amide bonds. The lowest BCUT2D eigenvalue weighted by Gasteiger charge is -2.09. The van der Waals surface area contributed by atoms with E-state index in [-0.39, 0.29) is 0 Å². The van der Waals surface area contributed by atoms with E-state index < -0.39 is 0 Å². The molecule has 0 bridgehead atoms. The molecule has 1 aliphatic heterocycles. The molecule has 4 rings (SSSR count). The number of aromatic nitrogens is 2. The topological polar surface area (TPSA) is 71.8 Å². The highest BCUT2D eigenvalue weighted by molar-refractivity contribution is 6.18. The Hall–Kier alpha value is -3.54. The number of pyridine rings is 2. The van der Waals surface area contributed by atoms with Crippen molar-refractivity contribution in [2.75, 3.05) is 7.11 Å². The first-order valence-corrected chi connectivity index (χ1v) is 7.77. The summed E-state index contributed by atoms with van der Waals surface area (Å²) in [4.78, 5) is 13.0. The number of nitrogens with one attached hydrogen (secondary N) is 1. The van der Waals surface area contributed by atoms with Gasteiger partial charge < -0.3 is 4.74 Å². The summed E-state index contributed by atoms with van der Waals surface area (Å²) in [5, 5.41) is 4.59. The Bertz CT molecular complexity index is 952. The third-order valence-corrected chi connectivity index (χ3v) is 3.85. The molecule has 0 saturated carbocycles. The molecule has 0 aliphatic carbocycles. The van der Waals surface area contributed by atoms with E-state index in [0.29, 0.717) is 5.84 Å². The van der Waals surface area contributed by atoms with E-state index in [2.05, 4.69) is 20.5 Å². The predicted octanol–water partition coefficient (Wildman–Crippen LogP) is 2.92. The van der Waals surface area contributed by atoms with E-state index in [1.807, 2.05) is 42.5 Å². The Morgan fingerprint density at radius 1 is 0.920 bits per heavy atom. The lowest BCUT2D eigenvalue weighted by molar-refractivity contribution is 0.415. The van der Waals surface area contributed by atoms with Gasteiger partial charge in [-0.25, -0.2) is 4.99 Å². The Kier molecular flexibility index (Phi) is 3.92. The number of hydrogen-bond acceptors (Lipinski definition) is 6. The standard InChI is InChI=1S/C19H15N5O/c1-25-15-4-5-17-16(11-15)18(14-3-2-8-21-12-14)23-24-19(22-17)13-6-9-20-10-7-13/h2-12H,1H3,(H,22,24). The van der Waals surface area contributed by atoms with Crippen LogP contribution in [0.5, 0.6) is 5.75 Å². The lowest BCUT2D eigenvalue weighted by Crippen LogP contribution is -2.19. The summed E-state index contributed by atoms with van der Waals surface area (Å²) in [6.45, 7) is 0. The van der Waals surface area contributed by atoms with E-state index >= 15 is 0 Å². The van der Waals surface area contributed by atoms with Crippen LogP contribution >= 0.6 is 0 Å². The van der Waals surface area contributed by atoms with Gasteiger partial charge in [0.2, 0.25) is 0 Å². The summed E-state index contributed by atoms with van der Waals surface area (Å²) in [7, 11) is 1.64. The molecule has 2 aromatic heterocycles. The number of benzene rings is 1. The van der Waals surface area contributed by atoms with E-state index in [9.17, 15) is 0 Å². The van der Waals surface area contributed by atoms with Crippen LogP contribution in [-0.4, -0.2) is 28.6 Å². The smallest absolute Gasteiger partial charge is 0.154 e. The molecule has 0 fully saturated rings. The van der Waals surface area contributed by atoms with Gasteiger partial charge in [-0.2, -0.15) is 5.10 Å². The zero-order valence-corrected chi connectivity index (χ0v) is 13.5. The van der Waals surface area contributed by atoms with E-state index in [1.54, 1.807) is 31.9 Å². The fourth-order valence-electron chi connectivity index (χ4n) is 2.61. The molecule has 1 aromatic carbocycles. The van der Waals surface area contributed by atoms with Crippen molar-refractivity contribution in [2.45, 2.75) is 0 Å². The third-order valence-electron chi connectivity index (χ3n) is 3.85. The third kappa shape index (κ3) is 2.97. The number of aliphatic imine (C=N–C) groups is 1. The van der Waals surface area contributed by atoms with Gasteiger partial charge in [-0.3, -0.25) is 15.4 Å². The highest BCUT2D eigenvalue weighted by atomic mass is 16.5. The molecular weight excluding hydrogens is 314 g/mol. The van der Waals surface area contributed by atoms with Gasteiger partial charge in [0.25, 0.3) is 0 Å². The predicted molar refractivity (Wildman–Crippen MR) is 96.4 cm³/mol. The van der Waals surface area contributed by atoms with E-state index in [0.717, 1.165) is 33.8 Å². The molecule has 1 N–H and O–H groups in total. The van der Waals surface area contributed by atoms with Gasteiger partial charge in [0.15, 0.2) is 5.84 Å². The van der Waals surface area contributed by atoms with Gasteiger partial charge in [-0.15, -0.1) is 0 Å². The molecule has 122 valence electrons. The van der Waals surface area contributed by atoms with Crippen LogP contribution in [0.3, 0.4) is 0 Å². The van der Waals surface area contributed by atoms with Crippen LogP contribution < -0.4 is 10.2 Å². The highest BCUT2D eigenvalue weighted by Crippen LogP contribution is 2.29. The Labute approximate surface area is 144 Å². The van der Waals surface area contributed by atoms with Crippen LogP contribution in [0.25, 0.3) is 0 Å². The largest absolute Gasteiger partial charge is 0.497 e. The van der Waals surface area contributed by atoms with Gasteiger partial charge in [0.1, 0.15) is 11.5 Å². The van der Waals surface area contributed by atoms with Crippen LogP contribution in [0.4, 0.5) is 5.69 Å². The van der Waals surface area contributed by atoms with Gasteiger partial charge in [-0.05, 0) is 42.5 Å². The summed E-state index contributed by atoms with van der Waals surface area (Å²) in [5.74, 6) is 1.41. The molecule has 0 atom stereocenters. The first-order valence-electron chi connectivity index (χ1n) is 7.77. The summed E-state index contributed by atoms with van der Waals surface area (Å²) in [6, 6.07) is 13.4. The number of hydrogen-bond donors (Lipinski definition) is 1. The second-order valence-corrected chi connectivity index (χ2v) is 5.39. The molecular formula is C19H15N5O. The zero-order valence-electron chi connectivity index (χ0n) is 13.5. The number of rotatable bonds is 3. The van der Waals surface area contributed by atoms with Crippen molar-refractivity contribution >= 4 is 17.2 Å². The number of methoxy groups -OCH3 is 1. The maximum atomic E-state index is 5.37. The molecule has 0 saturated heterocycles. The van der Waals surface area contributed by atoms with Crippen molar-refractivity contribution in [3.8, 4) is 5.75 Å². The number of nitrogens with zero attached hydrogens (tertiary/aromatic N) is 4. The maximum Gasteiger partial charge on any atom is 0.154 e. The molecule has 1 aliphatic rings. The number of hydrazone groups is 1. The number of fused-ring (bicyclic) bond motifs is 1. The van der Waals surface area contributed by atoms with E-state index in [1.165, 1.54) is 0 Å². The molecule has 6 nitrogen and oxygen atoms in total. The Morgan fingerprint density at radius 2 is 1.80 bits per heavy atom. The molecule has 3 aromatic rings. The molecule has 6 heteroatoms. The lowest BCUT2D eigenvalue weighted by atomic mass is 10.0. The van der Waals surface area contributed by atoms with Crippen LogP contribution in [0, 0.1) is 0 Å². The Morgan fingerprint density at radius 3 is 2.56 bits per heavy atom. The zero-order chi connectivity index (χ0) is 17.1. The average Bonchev–Trinajstić information content (AvgIpc) is 2.88. The van der Waals surface area contributed by atoms with Gasteiger partial charge >= 0.3 is 0 Å². The second kappa shape index (κ2) is 6.52. The van der Waals surface area contributed by atoms with Crippen LogP contribution in [0.15, 0.2) is 77.3 Å². The molecule has 3 heterocycles. The normalized spacial score (nSPS) is 13.0. The molecule has 0 radical (unpaired) electrons. The van der Waals surface area contributed by atoms with Crippen molar-refractivity contribution in [3.63, 3.8) is 0 Å². The molecule has 0 spiro atoms. The maximum absolute atomic E-state index is 5.37. The summed E-state index contributed by atoms with van der Waals surface area (Å²) in [6.07, 6.45) is 6.97. The van der Waals surface area contributed by atoms with Gasteiger partial charge in [-0.1, -0.05) is 0 Å². The fourth-order valence-corrected chi connectivity index (χ4v) is 2.61. The van der Waals surface area contributed by atoms with Crippen molar-refractivity contribution in [3.05, 3.63) is 83.9 Å². The van der Waals surface area contributed by atoms with Gasteiger partial charge in [0, 0.05) is 41.5 Å². The number of amidine groups is 1. The molecule has 0 unspecified atom stereocenters. The first kappa shape index (κ1) is 15.0. The van der Waals surface area contributed by atoms with Crippen molar-refractivity contribution < 1.29 is 4.74 Å². The van der Waals surface area contributed by atoms with Crippen LogP contribution in [-0.2, 0) is 0 Å². The minimum atomic E-state index is 0.660. The average molecular weight is 329 g/mol. The SMILES string of the molecule is COc1ccc2c(c1)C(c1cccnc1)=NNC(c1ccncc1)=N2. The number of ether oxygens (including phenoxy) is 1. The highest BCUT2D eigenvalue weighted by Gasteiger charge is 2.18. The van der Waals surface area contributed by atoms with Crippen LogP contribution in [0.1, 0.15) is 16.7 Å². The Balaban J connectivity index is 1.89. The summed E-state index contributed by atoms with van der Waals surface area (Å²) < 4.78 is 5.37.